The lowest BCUT2D eigenvalue weighted by atomic mass is 9.97. The van der Waals surface area contributed by atoms with Crippen molar-refractivity contribution >= 4 is 24.7 Å². The SMILES string of the molecule is COC(=O)[C@H](C)[C@@H](C[C@H](OCc1ccc(OC)cc1)[C@H](O)CO)O[Si](c1ccccc1)(c1ccccc1)C(C)(C)C. The highest BCUT2D eigenvalue weighted by Crippen LogP contribution is 2.39. The van der Waals surface area contributed by atoms with E-state index in [-0.39, 0.29) is 18.1 Å². The monoisotopic (exact) mass is 580 g/mol. The molecule has 7 nitrogen and oxygen atoms in total. The number of aliphatic hydroxyl groups excluding tert-OH is 2. The number of rotatable bonds is 14. The Balaban J connectivity index is 2.06. The minimum absolute atomic E-state index is 0.165. The predicted octanol–water partition coefficient (Wildman–Crippen LogP) is 4.08. The average Bonchev–Trinajstić information content (AvgIpc) is 3.00. The van der Waals surface area contributed by atoms with Gasteiger partial charge >= 0.3 is 5.97 Å². The molecule has 8 heteroatoms. The van der Waals surface area contributed by atoms with Crippen LogP contribution in [-0.4, -0.2) is 63.6 Å². The van der Waals surface area contributed by atoms with Crippen LogP contribution in [0.1, 0.15) is 39.7 Å². The standard InChI is InChI=1S/C33H44O7Si/c1-24(32(36)38-6)30(21-31(29(35)22-34)39-23-25-17-19-26(37-5)20-18-25)40-41(33(2,3)4,27-13-9-7-10-14-27)28-15-11-8-12-16-28/h7-20,24,29-31,34-35H,21-23H2,1-6H3/t24-,29-,30-,31+/m1/s1. The molecule has 0 unspecified atom stereocenters. The molecule has 3 rings (SSSR count). The lowest BCUT2D eigenvalue weighted by Crippen LogP contribution is -2.68. The number of hydrogen-bond donors (Lipinski definition) is 2. The van der Waals surface area contributed by atoms with Gasteiger partial charge in [0, 0.05) is 6.42 Å². The number of esters is 1. The molecule has 0 heterocycles. The van der Waals surface area contributed by atoms with Gasteiger partial charge < -0.3 is 28.8 Å². The highest BCUT2D eigenvalue weighted by Gasteiger charge is 2.52. The molecule has 0 fully saturated rings. The van der Waals surface area contributed by atoms with Crippen molar-refractivity contribution in [3.05, 3.63) is 90.5 Å². The maximum absolute atomic E-state index is 13.0. The third-order valence-corrected chi connectivity index (χ3v) is 12.6. The Hall–Kier alpha value is -3.01. The fourth-order valence-corrected chi connectivity index (χ4v) is 9.99. The van der Waals surface area contributed by atoms with Crippen LogP contribution in [0.4, 0.5) is 0 Å². The van der Waals surface area contributed by atoms with E-state index in [1.807, 2.05) is 60.7 Å². The smallest absolute Gasteiger partial charge is 0.310 e. The maximum Gasteiger partial charge on any atom is 0.310 e. The normalized spacial score (nSPS) is 15.0. The minimum atomic E-state index is -3.06. The van der Waals surface area contributed by atoms with E-state index in [2.05, 4.69) is 45.0 Å². The van der Waals surface area contributed by atoms with Crippen molar-refractivity contribution in [3.8, 4) is 5.75 Å². The molecule has 0 radical (unpaired) electrons. The Kier molecular flexibility index (Phi) is 11.7. The van der Waals surface area contributed by atoms with Gasteiger partial charge in [-0.05, 0) is 40.0 Å². The number of methoxy groups -OCH3 is 2. The number of carbonyl (C=O) groups excluding carboxylic acids is 1. The van der Waals surface area contributed by atoms with E-state index in [0.717, 1.165) is 21.7 Å². The summed E-state index contributed by atoms with van der Waals surface area (Å²) in [6, 6.07) is 27.8. The van der Waals surface area contributed by atoms with Crippen molar-refractivity contribution in [2.75, 3.05) is 20.8 Å². The summed E-state index contributed by atoms with van der Waals surface area (Å²) in [5, 5.41) is 22.6. The van der Waals surface area contributed by atoms with Crippen molar-refractivity contribution in [2.45, 2.75) is 64.1 Å². The Morgan fingerprint density at radius 2 is 1.39 bits per heavy atom. The van der Waals surface area contributed by atoms with E-state index < -0.39 is 45.1 Å². The number of aliphatic hydroxyl groups is 2. The van der Waals surface area contributed by atoms with Gasteiger partial charge in [0.2, 0.25) is 0 Å². The second-order valence-electron chi connectivity index (χ2n) is 11.3. The van der Waals surface area contributed by atoms with E-state index >= 15 is 0 Å². The second-order valence-corrected chi connectivity index (χ2v) is 15.6. The number of ether oxygens (including phenoxy) is 3. The second kappa shape index (κ2) is 14.7. The molecular weight excluding hydrogens is 536 g/mol. The van der Waals surface area contributed by atoms with Crippen molar-refractivity contribution in [1.82, 2.24) is 0 Å². The third kappa shape index (κ3) is 7.84. The van der Waals surface area contributed by atoms with Crippen LogP contribution in [-0.2, 0) is 25.3 Å². The first-order valence-corrected chi connectivity index (χ1v) is 15.9. The quantitative estimate of drug-likeness (QED) is 0.219. The molecule has 41 heavy (non-hydrogen) atoms. The fraction of sp³-hybridized carbons (Fsp3) is 0.424. The van der Waals surface area contributed by atoms with Gasteiger partial charge in [-0.1, -0.05) is 93.6 Å². The Bertz CT molecular complexity index is 1160. The maximum atomic E-state index is 13.0. The molecule has 3 aromatic carbocycles. The van der Waals surface area contributed by atoms with Crippen LogP contribution in [0.5, 0.6) is 5.75 Å². The molecule has 3 aromatic rings. The van der Waals surface area contributed by atoms with Gasteiger partial charge in [0.1, 0.15) is 11.9 Å². The van der Waals surface area contributed by atoms with Gasteiger partial charge in [-0.15, -0.1) is 0 Å². The number of carbonyl (C=O) groups is 1. The van der Waals surface area contributed by atoms with E-state index in [4.69, 9.17) is 18.6 Å². The largest absolute Gasteiger partial charge is 0.497 e. The van der Waals surface area contributed by atoms with Gasteiger partial charge in [0.25, 0.3) is 8.32 Å². The lowest BCUT2D eigenvalue weighted by Gasteiger charge is -2.46. The Labute approximate surface area is 245 Å². The molecule has 0 amide bonds. The molecule has 222 valence electrons. The summed E-state index contributed by atoms with van der Waals surface area (Å²) in [6.07, 6.45) is -2.50. The molecule has 0 spiro atoms. The van der Waals surface area contributed by atoms with Crippen LogP contribution in [0.2, 0.25) is 5.04 Å². The summed E-state index contributed by atoms with van der Waals surface area (Å²) in [6.45, 7) is 7.98. The van der Waals surface area contributed by atoms with Crippen molar-refractivity contribution < 1.29 is 33.6 Å². The molecule has 0 bridgehead atoms. The van der Waals surface area contributed by atoms with Gasteiger partial charge in [-0.25, -0.2) is 0 Å². The zero-order chi connectivity index (χ0) is 30.0. The first-order chi connectivity index (χ1) is 19.6. The summed E-state index contributed by atoms with van der Waals surface area (Å²) in [7, 11) is -0.0996. The molecule has 2 N–H and O–H groups in total. The fourth-order valence-electron chi connectivity index (χ4n) is 5.22. The molecule has 0 saturated heterocycles. The van der Waals surface area contributed by atoms with Gasteiger partial charge in [-0.3, -0.25) is 4.79 Å². The highest BCUT2D eigenvalue weighted by atomic mass is 28.4. The summed E-state index contributed by atoms with van der Waals surface area (Å²) in [5.41, 5.74) is 0.881. The van der Waals surface area contributed by atoms with Crippen molar-refractivity contribution in [3.63, 3.8) is 0 Å². The Morgan fingerprint density at radius 3 is 1.83 bits per heavy atom. The summed E-state index contributed by atoms with van der Waals surface area (Å²) in [5.74, 6) is -0.355. The van der Waals surface area contributed by atoms with Crippen molar-refractivity contribution in [2.24, 2.45) is 5.92 Å². The first-order valence-electron chi connectivity index (χ1n) is 14.0. The van der Waals surface area contributed by atoms with E-state index in [9.17, 15) is 15.0 Å². The zero-order valence-corrected chi connectivity index (χ0v) is 25.9. The number of benzene rings is 3. The molecule has 0 saturated carbocycles. The zero-order valence-electron chi connectivity index (χ0n) is 24.9. The minimum Gasteiger partial charge on any atom is -0.497 e. The predicted molar refractivity (Wildman–Crippen MR) is 163 cm³/mol. The van der Waals surface area contributed by atoms with E-state index in [1.165, 1.54) is 7.11 Å². The Morgan fingerprint density at radius 1 is 0.854 bits per heavy atom. The van der Waals surface area contributed by atoms with Crippen LogP contribution in [0.25, 0.3) is 0 Å². The van der Waals surface area contributed by atoms with Crippen LogP contribution in [0.3, 0.4) is 0 Å². The van der Waals surface area contributed by atoms with E-state index in [1.54, 1.807) is 14.0 Å². The van der Waals surface area contributed by atoms with Crippen LogP contribution in [0, 0.1) is 5.92 Å². The van der Waals surface area contributed by atoms with Crippen LogP contribution < -0.4 is 15.1 Å². The number of hydrogen-bond acceptors (Lipinski definition) is 7. The first kappa shape index (κ1) is 32.5. The van der Waals surface area contributed by atoms with Gasteiger partial charge in [-0.2, -0.15) is 0 Å². The summed E-state index contributed by atoms with van der Waals surface area (Å²) in [4.78, 5) is 13.0. The van der Waals surface area contributed by atoms with Crippen LogP contribution in [0.15, 0.2) is 84.9 Å². The average molecular weight is 581 g/mol. The van der Waals surface area contributed by atoms with E-state index in [0.29, 0.717) is 0 Å². The third-order valence-electron chi connectivity index (χ3n) is 7.58. The highest BCUT2D eigenvalue weighted by molar-refractivity contribution is 6.99. The van der Waals surface area contributed by atoms with Crippen LogP contribution >= 0.6 is 0 Å². The summed E-state index contributed by atoms with van der Waals surface area (Å²) >= 11 is 0. The molecule has 0 aliphatic heterocycles. The molecule has 0 aromatic heterocycles. The van der Waals surface area contributed by atoms with Gasteiger partial charge in [0.05, 0.1) is 45.6 Å². The summed E-state index contributed by atoms with van der Waals surface area (Å²) < 4.78 is 23.9. The van der Waals surface area contributed by atoms with Gasteiger partial charge in [0.15, 0.2) is 0 Å². The molecule has 4 atom stereocenters. The molecular formula is C33H44O7Si. The topological polar surface area (TPSA) is 94.5 Å². The molecule has 0 aliphatic rings. The molecule has 0 aliphatic carbocycles. The van der Waals surface area contributed by atoms with Crippen molar-refractivity contribution in [1.29, 1.82) is 0 Å². The lowest BCUT2D eigenvalue weighted by molar-refractivity contribution is -0.150.